The lowest BCUT2D eigenvalue weighted by atomic mass is 9.98. The molecule has 0 saturated carbocycles. The van der Waals surface area contributed by atoms with Gasteiger partial charge in [0.15, 0.2) is 0 Å². The van der Waals surface area contributed by atoms with E-state index >= 15 is 0 Å². The van der Waals surface area contributed by atoms with Gasteiger partial charge in [-0.3, -0.25) is 0 Å². The number of pyridine rings is 2. The number of aromatic amines is 1. The van der Waals surface area contributed by atoms with Crippen LogP contribution in [-0.2, 0) is 4.79 Å². The Labute approximate surface area is 214 Å². The van der Waals surface area contributed by atoms with E-state index in [1.165, 1.54) is 19.9 Å². The van der Waals surface area contributed by atoms with Crippen LogP contribution in [0.25, 0.3) is 33.4 Å². The van der Waals surface area contributed by atoms with Crippen molar-refractivity contribution in [3.63, 3.8) is 0 Å². The standard InChI is InChI=1S/C21H19FN4O2.C5H12FN.CH2O/c1-12-8-17(22)18(23)11-16(12)13-9-19(26-20(10-13)28-7-6-27)14-2-4-24-21-15(14)3-5-25-21;1-5(2,6)3-4-7;1-2/h2-5,8-11,27H,6-7,23H2,1H3,(H,24,25);3-4,7H2,1-2H3;1H2. The molecule has 0 bridgehead atoms. The van der Waals surface area contributed by atoms with Gasteiger partial charge >= 0.3 is 0 Å². The summed E-state index contributed by atoms with van der Waals surface area (Å²) < 4.78 is 31.7. The van der Waals surface area contributed by atoms with E-state index in [1.807, 2.05) is 38.1 Å². The Morgan fingerprint density at radius 3 is 2.51 bits per heavy atom. The molecular formula is C27H33F2N5O3. The molecular weight excluding hydrogens is 480 g/mol. The van der Waals surface area contributed by atoms with E-state index in [-0.39, 0.29) is 18.9 Å². The number of alkyl halides is 1. The number of anilines is 1. The average molecular weight is 514 g/mol. The van der Waals surface area contributed by atoms with E-state index in [0.29, 0.717) is 24.5 Å². The number of hydrogen-bond donors (Lipinski definition) is 4. The lowest BCUT2D eigenvalue weighted by Crippen LogP contribution is -2.17. The van der Waals surface area contributed by atoms with Gasteiger partial charge in [0.2, 0.25) is 5.88 Å². The number of benzene rings is 1. The Hall–Kier alpha value is -3.89. The van der Waals surface area contributed by atoms with E-state index in [1.54, 1.807) is 18.3 Å². The largest absolute Gasteiger partial charge is 0.475 e. The Morgan fingerprint density at radius 1 is 1.16 bits per heavy atom. The first-order chi connectivity index (χ1) is 17.6. The summed E-state index contributed by atoms with van der Waals surface area (Å²) in [6.07, 6.45) is 3.98. The van der Waals surface area contributed by atoms with Crippen LogP contribution in [-0.4, -0.2) is 52.3 Å². The number of nitrogens with one attached hydrogen (secondary N) is 1. The quantitative estimate of drug-likeness (QED) is 0.265. The smallest absolute Gasteiger partial charge is 0.214 e. The zero-order valence-electron chi connectivity index (χ0n) is 21.2. The number of halogens is 2. The van der Waals surface area contributed by atoms with E-state index in [2.05, 4.69) is 15.0 Å². The number of aromatic nitrogens is 3. The van der Waals surface area contributed by atoms with Gasteiger partial charge in [0.25, 0.3) is 0 Å². The van der Waals surface area contributed by atoms with Crippen LogP contribution in [0.1, 0.15) is 25.8 Å². The van der Waals surface area contributed by atoms with Crippen LogP contribution >= 0.6 is 0 Å². The van der Waals surface area contributed by atoms with E-state index in [0.717, 1.165) is 33.3 Å². The molecule has 0 aliphatic carbocycles. The molecule has 37 heavy (non-hydrogen) atoms. The van der Waals surface area contributed by atoms with Crippen molar-refractivity contribution in [1.29, 1.82) is 0 Å². The molecule has 10 heteroatoms. The average Bonchev–Trinajstić information content (AvgIpc) is 3.35. The van der Waals surface area contributed by atoms with Gasteiger partial charge in [-0.1, -0.05) is 0 Å². The van der Waals surface area contributed by atoms with E-state index in [4.69, 9.17) is 26.1 Å². The number of rotatable bonds is 7. The van der Waals surface area contributed by atoms with Crippen LogP contribution in [0, 0.1) is 12.7 Å². The topological polar surface area (TPSA) is 140 Å². The third-order valence-corrected chi connectivity index (χ3v) is 5.27. The van der Waals surface area contributed by atoms with Gasteiger partial charge in [0.05, 0.1) is 18.0 Å². The molecule has 4 aromatic rings. The molecule has 3 aromatic heterocycles. The van der Waals surface area contributed by atoms with Gasteiger partial charge in [0.1, 0.15) is 30.5 Å². The van der Waals surface area contributed by atoms with Crippen LogP contribution in [0.15, 0.2) is 48.8 Å². The Bertz CT molecular complexity index is 1310. The fourth-order valence-corrected chi connectivity index (χ4v) is 3.55. The van der Waals surface area contributed by atoms with Crippen molar-refractivity contribution in [2.75, 3.05) is 25.5 Å². The molecule has 0 saturated heterocycles. The molecule has 0 fully saturated rings. The second-order valence-electron chi connectivity index (χ2n) is 8.70. The lowest BCUT2D eigenvalue weighted by molar-refractivity contribution is -0.0980. The first-order valence-corrected chi connectivity index (χ1v) is 11.5. The maximum Gasteiger partial charge on any atom is 0.214 e. The van der Waals surface area contributed by atoms with Crippen LogP contribution in [0.2, 0.25) is 0 Å². The number of carbonyl (C=O) groups is 1. The van der Waals surface area contributed by atoms with Crippen molar-refractivity contribution in [1.82, 2.24) is 15.0 Å². The molecule has 0 unspecified atom stereocenters. The third kappa shape index (κ3) is 8.06. The van der Waals surface area contributed by atoms with E-state index in [9.17, 15) is 8.78 Å². The first kappa shape index (κ1) is 29.3. The Morgan fingerprint density at radius 2 is 1.89 bits per heavy atom. The van der Waals surface area contributed by atoms with Gasteiger partial charge < -0.3 is 31.1 Å². The van der Waals surface area contributed by atoms with Crippen molar-refractivity contribution in [2.45, 2.75) is 32.9 Å². The third-order valence-electron chi connectivity index (χ3n) is 5.27. The number of ether oxygens (including phenoxy) is 1. The zero-order valence-corrected chi connectivity index (χ0v) is 21.2. The highest BCUT2D eigenvalue weighted by Crippen LogP contribution is 2.34. The van der Waals surface area contributed by atoms with Crippen LogP contribution in [0.5, 0.6) is 5.88 Å². The first-order valence-electron chi connectivity index (χ1n) is 11.5. The molecule has 3 heterocycles. The molecule has 1 aromatic carbocycles. The summed E-state index contributed by atoms with van der Waals surface area (Å²) in [6, 6.07) is 10.5. The number of hydrogen-bond acceptors (Lipinski definition) is 7. The number of nitrogens with zero attached hydrogens (tertiary/aromatic N) is 2. The number of H-pyrrole nitrogens is 1. The second-order valence-corrected chi connectivity index (χ2v) is 8.70. The summed E-state index contributed by atoms with van der Waals surface area (Å²) in [5.41, 5.74) is 14.5. The maximum atomic E-state index is 13.8. The van der Waals surface area contributed by atoms with Crippen molar-refractivity contribution in [2.24, 2.45) is 5.73 Å². The van der Waals surface area contributed by atoms with E-state index < -0.39 is 11.5 Å². The minimum atomic E-state index is -1.07. The molecule has 0 aliphatic heterocycles. The van der Waals surface area contributed by atoms with Crippen molar-refractivity contribution >= 4 is 23.5 Å². The molecule has 0 aliphatic rings. The molecule has 8 nitrogen and oxygen atoms in total. The molecule has 4 rings (SSSR count). The highest BCUT2D eigenvalue weighted by molar-refractivity contribution is 5.92. The molecule has 0 amide bonds. The normalized spacial score (nSPS) is 10.8. The van der Waals surface area contributed by atoms with Gasteiger partial charge in [0, 0.05) is 29.4 Å². The van der Waals surface area contributed by atoms with Crippen LogP contribution < -0.4 is 16.2 Å². The number of nitrogen functional groups attached to an aromatic ring is 1. The summed E-state index contributed by atoms with van der Waals surface area (Å²) in [5.74, 6) is -0.0835. The van der Waals surface area contributed by atoms with Gasteiger partial charge in [-0.05, 0) is 80.8 Å². The minimum Gasteiger partial charge on any atom is -0.475 e. The number of nitrogens with two attached hydrogens (primary N) is 2. The fourth-order valence-electron chi connectivity index (χ4n) is 3.55. The number of carbonyl (C=O) groups excluding carboxylic acids is 1. The van der Waals surface area contributed by atoms with Crippen molar-refractivity contribution < 1.29 is 23.4 Å². The minimum absolute atomic E-state index is 0.0775. The summed E-state index contributed by atoms with van der Waals surface area (Å²) in [7, 11) is 0. The Kier molecular flexibility index (Phi) is 10.6. The van der Waals surface area contributed by atoms with Crippen molar-refractivity contribution in [3.8, 4) is 28.3 Å². The maximum absolute atomic E-state index is 13.8. The number of aliphatic hydroxyl groups is 1. The predicted molar refractivity (Wildman–Crippen MR) is 142 cm³/mol. The Balaban J connectivity index is 0.000000465. The molecule has 0 atom stereocenters. The number of aryl methyl sites for hydroxylation is 1. The van der Waals surface area contributed by atoms with Gasteiger partial charge in [-0.2, -0.15) is 0 Å². The van der Waals surface area contributed by atoms with Crippen molar-refractivity contribution in [3.05, 3.63) is 60.2 Å². The highest BCUT2D eigenvalue weighted by atomic mass is 19.1. The van der Waals surface area contributed by atoms with Crippen LogP contribution in [0.3, 0.4) is 0 Å². The molecule has 198 valence electrons. The SMILES string of the molecule is C=O.CC(C)(F)CCN.Cc1cc(F)c(N)cc1-c1cc(OCCO)nc(-c2ccnc3[nH]ccc23)c1. The lowest BCUT2D eigenvalue weighted by Gasteiger charge is -2.13. The summed E-state index contributed by atoms with van der Waals surface area (Å²) in [6.45, 7) is 7.31. The predicted octanol–water partition coefficient (Wildman–Crippen LogP) is 4.59. The highest BCUT2D eigenvalue weighted by Gasteiger charge is 2.14. The zero-order chi connectivity index (χ0) is 27.6. The summed E-state index contributed by atoms with van der Waals surface area (Å²) >= 11 is 0. The molecule has 0 radical (unpaired) electrons. The molecule has 6 N–H and O–H groups in total. The fraction of sp³-hybridized carbons (Fsp3) is 0.296. The molecule has 0 spiro atoms. The number of aliphatic hydroxyl groups excluding tert-OH is 1. The summed E-state index contributed by atoms with van der Waals surface area (Å²) in [4.78, 5) is 20.0. The van der Waals surface area contributed by atoms with Crippen LogP contribution in [0.4, 0.5) is 14.5 Å². The van der Waals surface area contributed by atoms with Gasteiger partial charge in [-0.25, -0.2) is 18.7 Å². The number of fused-ring (bicyclic) bond motifs is 1. The monoisotopic (exact) mass is 513 g/mol. The van der Waals surface area contributed by atoms with Gasteiger partial charge in [-0.15, -0.1) is 0 Å². The summed E-state index contributed by atoms with van der Waals surface area (Å²) in [5, 5.41) is 10.0. The second kappa shape index (κ2) is 13.4.